The molecule has 0 aliphatic carbocycles. The van der Waals surface area contributed by atoms with Crippen molar-refractivity contribution in [1.29, 1.82) is 5.26 Å². The van der Waals surface area contributed by atoms with Crippen molar-refractivity contribution in [3.05, 3.63) is 29.3 Å². The second kappa shape index (κ2) is 4.93. The molecule has 0 saturated carbocycles. The minimum Gasteiger partial charge on any atom is -0.454 e. The number of nitriles is 1. The molecular weight excluding hydrogens is 242 g/mol. The lowest BCUT2D eigenvalue weighted by atomic mass is 9.84. The van der Waals surface area contributed by atoms with Gasteiger partial charge in [0.25, 0.3) is 6.29 Å². The first-order valence-electron chi connectivity index (χ1n) is 6.39. The third-order valence-corrected chi connectivity index (χ3v) is 3.32. The average Bonchev–Trinajstić information content (AvgIpc) is 2.61. The Balaban J connectivity index is 2.25. The van der Waals surface area contributed by atoms with Crippen LogP contribution in [0.15, 0.2) is 18.2 Å². The SMILES string of the molecule is CCCC(=O)OC1Oc2ccc(C#N)cc2C1(C)C. The van der Waals surface area contributed by atoms with Crippen LogP contribution < -0.4 is 4.74 Å². The van der Waals surface area contributed by atoms with E-state index in [-0.39, 0.29) is 5.97 Å². The van der Waals surface area contributed by atoms with E-state index < -0.39 is 11.7 Å². The van der Waals surface area contributed by atoms with Crippen LogP contribution >= 0.6 is 0 Å². The van der Waals surface area contributed by atoms with Crippen LogP contribution in [0.25, 0.3) is 0 Å². The Morgan fingerprint density at radius 2 is 2.26 bits per heavy atom. The smallest absolute Gasteiger partial charge is 0.308 e. The minimum atomic E-state index is -0.629. The van der Waals surface area contributed by atoms with Crippen LogP contribution in [-0.2, 0) is 14.9 Å². The summed E-state index contributed by atoms with van der Waals surface area (Å²) in [5.74, 6) is 0.423. The van der Waals surface area contributed by atoms with E-state index in [1.54, 1.807) is 18.2 Å². The van der Waals surface area contributed by atoms with E-state index in [1.807, 2.05) is 20.8 Å². The van der Waals surface area contributed by atoms with Gasteiger partial charge >= 0.3 is 5.97 Å². The van der Waals surface area contributed by atoms with Crippen LogP contribution in [0.2, 0.25) is 0 Å². The number of carbonyl (C=O) groups is 1. The van der Waals surface area contributed by atoms with Gasteiger partial charge in [0.2, 0.25) is 0 Å². The second-order valence-electron chi connectivity index (χ2n) is 5.23. The molecule has 1 aliphatic heterocycles. The Bertz CT molecular complexity index is 543. The van der Waals surface area contributed by atoms with Crippen molar-refractivity contribution in [3.63, 3.8) is 0 Å². The Hall–Kier alpha value is -2.02. The van der Waals surface area contributed by atoms with Gasteiger partial charge in [0, 0.05) is 12.0 Å². The van der Waals surface area contributed by atoms with E-state index in [0.29, 0.717) is 17.7 Å². The van der Waals surface area contributed by atoms with Crippen molar-refractivity contribution < 1.29 is 14.3 Å². The zero-order valence-corrected chi connectivity index (χ0v) is 11.4. The molecule has 0 amide bonds. The zero-order chi connectivity index (χ0) is 14.0. The third kappa shape index (κ3) is 2.41. The first kappa shape index (κ1) is 13.4. The van der Waals surface area contributed by atoms with Crippen molar-refractivity contribution in [2.45, 2.75) is 45.3 Å². The van der Waals surface area contributed by atoms with Crippen LogP contribution in [0.5, 0.6) is 5.75 Å². The van der Waals surface area contributed by atoms with Crippen LogP contribution in [0.3, 0.4) is 0 Å². The summed E-state index contributed by atoms with van der Waals surface area (Å²) >= 11 is 0. The molecule has 1 aromatic carbocycles. The van der Waals surface area contributed by atoms with Gasteiger partial charge < -0.3 is 9.47 Å². The molecule has 0 spiro atoms. The maximum absolute atomic E-state index is 11.6. The fraction of sp³-hybridized carbons (Fsp3) is 0.467. The first-order valence-corrected chi connectivity index (χ1v) is 6.39. The molecule has 0 aromatic heterocycles. The number of hydrogen-bond donors (Lipinski definition) is 0. The number of carbonyl (C=O) groups excluding carboxylic acids is 1. The molecule has 0 bridgehead atoms. The largest absolute Gasteiger partial charge is 0.454 e. The first-order chi connectivity index (χ1) is 8.98. The summed E-state index contributed by atoms with van der Waals surface area (Å²) in [7, 11) is 0. The lowest BCUT2D eigenvalue weighted by molar-refractivity contribution is -0.168. The van der Waals surface area contributed by atoms with E-state index in [1.165, 1.54) is 0 Å². The number of hydrogen-bond acceptors (Lipinski definition) is 4. The van der Waals surface area contributed by atoms with Gasteiger partial charge in [-0.05, 0) is 38.5 Å². The Labute approximate surface area is 112 Å². The third-order valence-electron chi connectivity index (χ3n) is 3.32. The quantitative estimate of drug-likeness (QED) is 0.783. The van der Waals surface area contributed by atoms with Crippen LogP contribution in [0, 0.1) is 11.3 Å². The molecule has 1 aliphatic rings. The highest BCUT2D eigenvalue weighted by Gasteiger charge is 2.44. The van der Waals surface area contributed by atoms with Crippen LogP contribution in [-0.4, -0.2) is 12.3 Å². The summed E-state index contributed by atoms with van der Waals surface area (Å²) in [6, 6.07) is 7.35. The maximum Gasteiger partial charge on any atom is 0.308 e. The molecule has 0 saturated heterocycles. The van der Waals surface area contributed by atoms with E-state index in [9.17, 15) is 4.79 Å². The van der Waals surface area contributed by atoms with Gasteiger partial charge in [-0.15, -0.1) is 0 Å². The molecule has 4 nitrogen and oxygen atoms in total. The molecule has 4 heteroatoms. The fourth-order valence-electron chi connectivity index (χ4n) is 2.15. The summed E-state index contributed by atoms with van der Waals surface area (Å²) in [4.78, 5) is 11.6. The number of fused-ring (bicyclic) bond motifs is 1. The fourth-order valence-corrected chi connectivity index (χ4v) is 2.15. The van der Waals surface area contributed by atoms with Crippen molar-refractivity contribution in [3.8, 4) is 11.8 Å². The number of benzene rings is 1. The standard InChI is InChI=1S/C15H17NO3/c1-4-5-13(17)19-14-15(2,3)11-8-10(9-16)6-7-12(11)18-14/h6-8,14H,4-5H2,1-3H3. The van der Waals surface area contributed by atoms with Gasteiger partial charge in [-0.3, -0.25) is 4.79 Å². The Morgan fingerprint density at radius 1 is 1.53 bits per heavy atom. The summed E-state index contributed by atoms with van der Waals surface area (Å²) in [5.41, 5.74) is 1.03. The van der Waals surface area contributed by atoms with Gasteiger partial charge in [-0.2, -0.15) is 5.26 Å². The highest BCUT2D eigenvalue weighted by molar-refractivity contribution is 5.69. The molecule has 0 radical (unpaired) electrons. The van der Waals surface area contributed by atoms with Gasteiger partial charge in [-0.25, -0.2) is 0 Å². The monoisotopic (exact) mass is 259 g/mol. The van der Waals surface area contributed by atoms with Crippen LogP contribution in [0.1, 0.15) is 44.7 Å². The molecule has 2 rings (SSSR count). The predicted octanol–water partition coefficient (Wildman–Crippen LogP) is 2.90. The number of esters is 1. The highest BCUT2D eigenvalue weighted by atomic mass is 16.7. The van der Waals surface area contributed by atoms with Crippen molar-refractivity contribution in [2.24, 2.45) is 0 Å². The van der Waals surface area contributed by atoms with Crippen molar-refractivity contribution >= 4 is 5.97 Å². The number of nitrogens with zero attached hydrogens (tertiary/aromatic N) is 1. The molecule has 0 fully saturated rings. The molecule has 100 valence electrons. The van der Waals surface area contributed by atoms with Crippen molar-refractivity contribution in [2.75, 3.05) is 0 Å². The molecule has 0 N–H and O–H groups in total. The second-order valence-corrected chi connectivity index (χ2v) is 5.23. The van der Waals surface area contributed by atoms with Gasteiger partial charge in [-0.1, -0.05) is 6.92 Å². The lowest BCUT2D eigenvalue weighted by Crippen LogP contribution is -2.36. The highest BCUT2D eigenvalue weighted by Crippen LogP contribution is 2.43. The molecular formula is C15H17NO3. The summed E-state index contributed by atoms with van der Waals surface area (Å²) in [6.07, 6.45) is 0.503. The van der Waals surface area contributed by atoms with E-state index in [4.69, 9.17) is 14.7 Å². The van der Waals surface area contributed by atoms with Crippen molar-refractivity contribution in [1.82, 2.24) is 0 Å². The zero-order valence-electron chi connectivity index (χ0n) is 11.4. The molecule has 1 atom stereocenters. The molecule has 1 heterocycles. The number of ether oxygens (including phenoxy) is 2. The van der Waals surface area contributed by atoms with E-state index >= 15 is 0 Å². The van der Waals surface area contributed by atoms with Gasteiger partial charge in [0.1, 0.15) is 5.75 Å². The average molecular weight is 259 g/mol. The molecule has 1 aromatic rings. The summed E-state index contributed by atoms with van der Waals surface area (Å²) < 4.78 is 11.1. The summed E-state index contributed by atoms with van der Waals surface area (Å²) in [6.45, 7) is 5.82. The van der Waals surface area contributed by atoms with Crippen LogP contribution in [0.4, 0.5) is 0 Å². The Kier molecular flexibility index (Phi) is 3.48. The summed E-state index contributed by atoms with van der Waals surface area (Å²) in [5, 5.41) is 8.94. The van der Waals surface area contributed by atoms with Gasteiger partial charge in [0.15, 0.2) is 0 Å². The normalized spacial score (nSPS) is 19.2. The molecule has 1 unspecified atom stereocenters. The van der Waals surface area contributed by atoms with E-state index in [2.05, 4.69) is 6.07 Å². The number of rotatable bonds is 3. The lowest BCUT2D eigenvalue weighted by Gasteiger charge is -2.25. The predicted molar refractivity (Wildman–Crippen MR) is 69.6 cm³/mol. The van der Waals surface area contributed by atoms with Gasteiger partial charge in [0.05, 0.1) is 17.0 Å². The maximum atomic E-state index is 11.6. The Morgan fingerprint density at radius 3 is 2.89 bits per heavy atom. The topological polar surface area (TPSA) is 59.3 Å². The molecule has 19 heavy (non-hydrogen) atoms. The minimum absolute atomic E-state index is 0.256. The van der Waals surface area contributed by atoms with E-state index in [0.717, 1.165) is 12.0 Å².